The van der Waals surface area contributed by atoms with E-state index >= 15 is 0 Å². The van der Waals surface area contributed by atoms with Crippen molar-refractivity contribution in [1.29, 1.82) is 0 Å². The summed E-state index contributed by atoms with van der Waals surface area (Å²) in [6.45, 7) is 4.92. The number of hydrogen-bond acceptors (Lipinski definition) is 4. The zero-order valence-corrected chi connectivity index (χ0v) is 10.3. The summed E-state index contributed by atoms with van der Waals surface area (Å²) in [4.78, 5) is 9.77. The van der Waals surface area contributed by atoms with Crippen LogP contribution in [0.1, 0.15) is 23.2 Å². The fourth-order valence-electron chi connectivity index (χ4n) is 1.56. The molecule has 2 rings (SSSR count). The third-order valence-corrected chi connectivity index (χ3v) is 3.39. The molecule has 0 fully saturated rings. The van der Waals surface area contributed by atoms with Crippen molar-refractivity contribution >= 4 is 17.2 Å². The Hall–Kier alpha value is -1.42. The van der Waals surface area contributed by atoms with Crippen LogP contribution in [0.4, 0.5) is 5.82 Å². The molecule has 0 atom stereocenters. The van der Waals surface area contributed by atoms with E-state index in [1.165, 1.54) is 10.4 Å². The number of aryl methyl sites for hydroxylation is 2. The lowest BCUT2D eigenvalue weighted by Crippen LogP contribution is -2.02. The van der Waals surface area contributed by atoms with E-state index in [-0.39, 0.29) is 0 Å². The first-order chi connectivity index (χ1) is 7.79. The van der Waals surface area contributed by atoms with Crippen LogP contribution < -0.4 is 5.32 Å². The van der Waals surface area contributed by atoms with Gasteiger partial charge >= 0.3 is 0 Å². The number of aromatic nitrogens is 2. The minimum absolute atomic E-state index is 0.798. The summed E-state index contributed by atoms with van der Waals surface area (Å²) in [5.74, 6) is 1.69. The molecule has 0 saturated heterocycles. The lowest BCUT2D eigenvalue weighted by atomic mass is 10.2. The third-order valence-electron chi connectivity index (χ3n) is 2.42. The first-order valence-electron chi connectivity index (χ1n) is 5.38. The average molecular weight is 233 g/mol. The Morgan fingerprint density at radius 3 is 3.00 bits per heavy atom. The second-order valence-corrected chi connectivity index (χ2v) is 4.57. The quantitative estimate of drug-likeness (QED) is 0.882. The predicted octanol–water partition coefficient (Wildman–Crippen LogP) is 3.02. The molecule has 0 saturated carbocycles. The van der Waals surface area contributed by atoms with E-state index in [0.717, 1.165) is 24.6 Å². The molecule has 2 aromatic heterocycles. The van der Waals surface area contributed by atoms with Crippen LogP contribution in [0.25, 0.3) is 0 Å². The zero-order valence-electron chi connectivity index (χ0n) is 9.53. The van der Waals surface area contributed by atoms with Gasteiger partial charge in [-0.3, -0.25) is 0 Å². The largest absolute Gasteiger partial charge is 0.365 e. The Morgan fingerprint density at radius 1 is 1.38 bits per heavy atom. The van der Waals surface area contributed by atoms with Crippen molar-refractivity contribution < 1.29 is 0 Å². The van der Waals surface area contributed by atoms with E-state index in [9.17, 15) is 0 Å². The van der Waals surface area contributed by atoms with E-state index in [2.05, 4.69) is 33.7 Å². The molecule has 2 heterocycles. The summed E-state index contributed by atoms with van der Waals surface area (Å²) in [6, 6.07) is 4.08. The van der Waals surface area contributed by atoms with Gasteiger partial charge in [-0.15, -0.1) is 11.3 Å². The fraction of sp³-hybridized carbons (Fsp3) is 0.333. The maximum atomic E-state index is 4.31. The van der Waals surface area contributed by atoms with E-state index < -0.39 is 0 Å². The van der Waals surface area contributed by atoms with Crippen LogP contribution in [0.5, 0.6) is 0 Å². The highest BCUT2D eigenvalue weighted by Crippen LogP contribution is 2.18. The van der Waals surface area contributed by atoms with Gasteiger partial charge in [0.15, 0.2) is 0 Å². The number of thiophene rings is 1. The number of hydrogen-bond donors (Lipinski definition) is 1. The standard InChI is InChI=1S/C12H15N3S/c1-3-10-5-7-16-11(10)8-14-12-4-6-13-9(2)15-12/h4-7H,3,8H2,1-2H3,(H,13,14,15). The van der Waals surface area contributed by atoms with Crippen molar-refractivity contribution in [3.8, 4) is 0 Å². The lowest BCUT2D eigenvalue weighted by molar-refractivity contribution is 1.02. The van der Waals surface area contributed by atoms with Crippen LogP contribution in [-0.4, -0.2) is 9.97 Å². The minimum atomic E-state index is 0.798. The summed E-state index contributed by atoms with van der Waals surface area (Å²) in [7, 11) is 0. The molecule has 84 valence electrons. The molecule has 16 heavy (non-hydrogen) atoms. The Morgan fingerprint density at radius 2 is 2.25 bits per heavy atom. The number of anilines is 1. The minimum Gasteiger partial charge on any atom is -0.365 e. The van der Waals surface area contributed by atoms with Gasteiger partial charge in [0, 0.05) is 11.1 Å². The van der Waals surface area contributed by atoms with Gasteiger partial charge in [0.2, 0.25) is 0 Å². The first-order valence-corrected chi connectivity index (χ1v) is 6.26. The highest BCUT2D eigenvalue weighted by molar-refractivity contribution is 7.10. The molecule has 0 spiro atoms. The van der Waals surface area contributed by atoms with Gasteiger partial charge in [-0.1, -0.05) is 6.92 Å². The van der Waals surface area contributed by atoms with E-state index in [1.807, 2.05) is 13.0 Å². The van der Waals surface area contributed by atoms with Crippen molar-refractivity contribution in [3.05, 3.63) is 40.0 Å². The maximum Gasteiger partial charge on any atom is 0.129 e. The van der Waals surface area contributed by atoms with Crippen molar-refractivity contribution in [2.24, 2.45) is 0 Å². The molecule has 0 aliphatic carbocycles. The predicted molar refractivity (Wildman–Crippen MR) is 67.8 cm³/mol. The summed E-state index contributed by atoms with van der Waals surface area (Å²) in [5.41, 5.74) is 1.42. The highest BCUT2D eigenvalue weighted by Gasteiger charge is 2.02. The van der Waals surface area contributed by atoms with Crippen molar-refractivity contribution in [2.45, 2.75) is 26.8 Å². The van der Waals surface area contributed by atoms with Gasteiger partial charge in [0.05, 0.1) is 6.54 Å². The maximum absolute atomic E-state index is 4.31. The molecule has 0 amide bonds. The molecule has 0 aromatic carbocycles. The van der Waals surface area contributed by atoms with Crippen LogP contribution in [-0.2, 0) is 13.0 Å². The van der Waals surface area contributed by atoms with E-state index in [4.69, 9.17) is 0 Å². The Labute approximate surface area is 99.6 Å². The molecule has 0 radical (unpaired) electrons. The molecule has 1 N–H and O–H groups in total. The van der Waals surface area contributed by atoms with Crippen molar-refractivity contribution in [2.75, 3.05) is 5.32 Å². The van der Waals surface area contributed by atoms with Crippen LogP contribution >= 0.6 is 11.3 Å². The molecule has 0 unspecified atom stereocenters. The number of rotatable bonds is 4. The van der Waals surface area contributed by atoms with Gasteiger partial charge in [-0.2, -0.15) is 0 Å². The van der Waals surface area contributed by atoms with E-state index in [1.54, 1.807) is 17.5 Å². The smallest absolute Gasteiger partial charge is 0.129 e. The second-order valence-electron chi connectivity index (χ2n) is 3.57. The molecular weight excluding hydrogens is 218 g/mol. The summed E-state index contributed by atoms with van der Waals surface area (Å²) >= 11 is 1.79. The molecule has 0 aliphatic rings. The average Bonchev–Trinajstić information content (AvgIpc) is 2.74. The number of nitrogens with one attached hydrogen (secondary N) is 1. The molecule has 2 aromatic rings. The van der Waals surface area contributed by atoms with Gasteiger partial charge < -0.3 is 5.32 Å². The van der Waals surface area contributed by atoms with Crippen molar-refractivity contribution in [1.82, 2.24) is 9.97 Å². The fourth-order valence-corrected chi connectivity index (χ4v) is 2.48. The molecule has 0 aliphatic heterocycles. The molecule has 3 nitrogen and oxygen atoms in total. The SMILES string of the molecule is CCc1ccsc1CNc1ccnc(C)n1. The van der Waals surface area contributed by atoms with Crippen LogP contribution in [0, 0.1) is 6.92 Å². The summed E-state index contributed by atoms with van der Waals surface area (Å²) in [5, 5.41) is 5.46. The number of nitrogens with zero attached hydrogens (tertiary/aromatic N) is 2. The summed E-state index contributed by atoms with van der Waals surface area (Å²) in [6.07, 6.45) is 2.86. The Kier molecular flexibility index (Phi) is 3.51. The lowest BCUT2D eigenvalue weighted by Gasteiger charge is -2.05. The topological polar surface area (TPSA) is 37.8 Å². The van der Waals surface area contributed by atoms with Gasteiger partial charge in [0.25, 0.3) is 0 Å². The Bertz CT molecular complexity index is 465. The van der Waals surface area contributed by atoms with Crippen LogP contribution in [0.15, 0.2) is 23.7 Å². The molecular formula is C12H15N3S. The molecule has 4 heteroatoms. The van der Waals surface area contributed by atoms with Gasteiger partial charge in [0.1, 0.15) is 11.6 Å². The summed E-state index contributed by atoms with van der Waals surface area (Å²) < 4.78 is 0. The second kappa shape index (κ2) is 5.07. The Balaban J connectivity index is 2.02. The van der Waals surface area contributed by atoms with Gasteiger partial charge in [-0.05, 0) is 36.4 Å². The van der Waals surface area contributed by atoms with Crippen LogP contribution in [0.3, 0.4) is 0 Å². The first kappa shape index (κ1) is 11.1. The van der Waals surface area contributed by atoms with E-state index in [0.29, 0.717) is 0 Å². The van der Waals surface area contributed by atoms with Gasteiger partial charge in [-0.25, -0.2) is 9.97 Å². The van der Waals surface area contributed by atoms with Crippen LogP contribution in [0.2, 0.25) is 0 Å². The highest BCUT2D eigenvalue weighted by atomic mass is 32.1. The van der Waals surface area contributed by atoms with Crippen molar-refractivity contribution in [3.63, 3.8) is 0 Å². The zero-order chi connectivity index (χ0) is 11.4. The monoisotopic (exact) mass is 233 g/mol. The molecule has 0 bridgehead atoms. The normalized spacial score (nSPS) is 10.4. The third kappa shape index (κ3) is 2.58.